The summed E-state index contributed by atoms with van der Waals surface area (Å²) in [6.07, 6.45) is 0. The van der Waals surface area contributed by atoms with Crippen molar-refractivity contribution in [3.63, 3.8) is 0 Å². The van der Waals surface area contributed by atoms with Crippen LogP contribution in [0.1, 0.15) is 17.3 Å². The Labute approximate surface area is 152 Å². The van der Waals surface area contributed by atoms with Crippen LogP contribution in [0.3, 0.4) is 0 Å². The molecule has 1 atom stereocenters. The molecule has 2 aliphatic rings. The van der Waals surface area contributed by atoms with Crippen LogP contribution in [0.25, 0.3) is 0 Å². The fourth-order valence-electron chi connectivity index (χ4n) is 3.19. The summed E-state index contributed by atoms with van der Waals surface area (Å²) >= 11 is 0. The average Bonchev–Trinajstić information content (AvgIpc) is 2.64. The van der Waals surface area contributed by atoms with Gasteiger partial charge in [-0.25, -0.2) is 0 Å². The van der Waals surface area contributed by atoms with E-state index in [1.807, 2.05) is 6.92 Å². The maximum atomic E-state index is 12.8. The van der Waals surface area contributed by atoms with Crippen molar-refractivity contribution in [3.8, 4) is 5.75 Å². The largest absolute Gasteiger partial charge is 0.489 e. The third-order valence-electron chi connectivity index (χ3n) is 4.61. The van der Waals surface area contributed by atoms with E-state index in [1.165, 1.54) is 4.90 Å². The Kier molecular flexibility index (Phi) is 4.97. The van der Waals surface area contributed by atoms with Crippen molar-refractivity contribution in [2.24, 2.45) is 0 Å². The molecule has 1 aromatic rings. The maximum Gasteiger partial charge on any atom is 0.254 e. The fraction of sp³-hybridized carbons (Fsp3) is 0.421. The summed E-state index contributed by atoms with van der Waals surface area (Å²) in [5, 5.41) is 0. The van der Waals surface area contributed by atoms with E-state index in [9.17, 15) is 14.4 Å². The lowest BCUT2D eigenvalue weighted by Gasteiger charge is -2.45. The molecule has 0 unspecified atom stereocenters. The van der Waals surface area contributed by atoms with Crippen LogP contribution in [-0.4, -0.2) is 78.3 Å². The van der Waals surface area contributed by atoms with Crippen LogP contribution in [-0.2, 0) is 9.59 Å². The topological polar surface area (TPSA) is 70.2 Å². The third-order valence-corrected chi connectivity index (χ3v) is 4.61. The summed E-state index contributed by atoms with van der Waals surface area (Å²) in [5.41, 5.74) is 1.45. The number of carbonyl (C=O) groups excluding carboxylic acids is 3. The van der Waals surface area contributed by atoms with Crippen molar-refractivity contribution < 1.29 is 19.1 Å². The minimum atomic E-state index is -0.586. The van der Waals surface area contributed by atoms with Crippen LogP contribution in [0.4, 0.5) is 0 Å². The molecule has 1 aromatic carbocycles. The normalized spacial score (nSPS) is 20.1. The molecule has 0 radical (unpaired) electrons. The molecular weight excluding hydrogens is 334 g/mol. The Balaban J connectivity index is 1.67. The SMILES string of the molecule is C=C(C)COc1ccc(C(=O)N2CCN3C(=O)CN(C)C(=O)[C@H]3C2)cc1. The van der Waals surface area contributed by atoms with Crippen molar-refractivity contribution in [3.05, 3.63) is 42.0 Å². The zero-order valence-electron chi connectivity index (χ0n) is 15.1. The minimum absolute atomic E-state index is 0.0665. The number of likely N-dealkylation sites (N-methyl/N-ethyl adjacent to an activating group) is 1. The van der Waals surface area contributed by atoms with Crippen molar-refractivity contribution in [1.82, 2.24) is 14.7 Å². The van der Waals surface area contributed by atoms with Crippen molar-refractivity contribution in [2.45, 2.75) is 13.0 Å². The van der Waals surface area contributed by atoms with E-state index in [-0.39, 0.29) is 30.8 Å². The second kappa shape index (κ2) is 7.19. The molecule has 2 aliphatic heterocycles. The highest BCUT2D eigenvalue weighted by atomic mass is 16.5. The molecule has 7 heteroatoms. The standard InChI is InChI=1S/C19H23N3O4/c1-13(2)12-26-15-6-4-14(5-7-15)18(24)21-8-9-22-16(10-21)19(25)20(3)11-17(22)23/h4-7,16H,1,8-12H2,2-3H3/t16-/m1/s1. The van der Waals surface area contributed by atoms with Gasteiger partial charge in [0.1, 0.15) is 18.4 Å². The number of fused-ring (bicyclic) bond motifs is 1. The second-order valence-electron chi connectivity index (χ2n) is 6.82. The molecule has 0 spiro atoms. The van der Waals surface area contributed by atoms with Gasteiger partial charge in [0.15, 0.2) is 0 Å². The summed E-state index contributed by atoms with van der Waals surface area (Å²) in [6.45, 7) is 7.23. The number of piperazine rings is 2. The van der Waals surface area contributed by atoms with Gasteiger partial charge in [-0.2, -0.15) is 0 Å². The molecule has 0 N–H and O–H groups in total. The van der Waals surface area contributed by atoms with E-state index in [2.05, 4.69) is 6.58 Å². The molecule has 0 aromatic heterocycles. The van der Waals surface area contributed by atoms with Gasteiger partial charge in [0.05, 0.1) is 13.1 Å². The zero-order valence-corrected chi connectivity index (χ0v) is 15.1. The van der Waals surface area contributed by atoms with Crippen LogP contribution in [0.2, 0.25) is 0 Å². The van der Waals surface area contributed by atoms with Crippen LogP contribution in [0, 0.1) is 0 Å². The first-order valence-electron chi connectivity index (χ1n) is 8.58. The first kappa shape index (κ1) is 18.0. The van der Waals surface area contributed by atoms with Gasteiger partial charge < -0.3 is 19.4 Å². The van der Waals surface area contributed by atoms with Gasteiger partial charge in [-0.05, 0) is 36.8 Å². The first-order chi connectivity index (χ1) is 12.4. The Morgan fingerprint density at radius 1 is 1.23 bits per heavy atom. The van der Waals surface area contributed by atoms with E-state index in [0.717, 1.165) is 5.57 Å². The van der Waals surface area contributed by atoms with E-state index in [1.54, 1.807) is 41.1 Å². The summed E-state index contributed by atoms with van der Waals surface area (Å²) in [7, 11) is 1.61. The highest BCUT2D eigenvalue weighted by Gasteiger charge is 2.42. The number of benzene rings is 1. The molecule has 26 heavy (non-hydrogen) atoms. The number of hydrogen-bond acceptors (Lipinski definition) is 4. The molecule has 7 nitrogen and oxygen atoms in total. The Morgan fingerprint density at radius 3 is 2.58 bits per heavy atom. The third kappa shape index (κ3) is 3.56. The van der Waals surface area contributed by atoms with Crippen molar-refractivity contribution in [1.29, 1.82) is 0 Å². The van der Waals surface area contributed by atoms with E-state index < -0.39 is 6.04 Å². The second-order valence-corrected chi connectivity index (χ2v) is 6.82. The molecule has 2 fully saturated rings. The summed E-state index contributed by atoms with van der Waals surface area (Å²) in [5.74, 6) is 0.336. The first-order valence-corrected chi connectivity index (χ1v) is 8.58. The molecule has 3 rings (SSSR count). The monoisotopic (exact) mass is 357 g/mol. The lowest BCUT2D eigenvalue weighted by molar-refractivity contribution is -0.157. The molecule has 0 aliphatic carbocycles. The summed E-state index contributed by atoms with van der Waals surface area (Å²) < 4.78 is 5.54. The maximum absolute atomic E-state index is 12.8. The Hall–Kier alpha value is -2.83. The fourth-order valence-corrected chi connectivity index (χ4v) is 3.19. The molecular formula is C19H23N3O4. The predicted molar refractivity (Wildman–Crippen MR) is 95.8 cm³/mol. The van der Waals surface area contributed by atoms with Gasteiger partial charge in [0.2, 0.25) is 11.8 Å². The minimum Gasteiger partial charge on any atom is -0.489 e. The number of amides is 3. The number of rotatable bonds is 4. The Morgan fingerprint density at radius 2 is 1.92 bits per heavy atom. The van der Waals surface area contributed by atoms with Crippen LogP contribution in [0.5, 0.6) is 5.75 Å². The predicted octanol–water partition coefficient (Wildman–Crippen LogP) is 0.767. The number of hydrogen-bond donors (Lipinski definition) is 0. The molecule has 138 valence electrons. The summed E-state index contributed by atoms with van der Waals surface area (Å²) in [4.78, 5) is 41.8. The number of ether oxygens (including phenoxy) is 1. The molecule has 3 amide bonds. The smallest absolute Gasteiger partial charge is 0.254 e. The van der Waals surface area contributed by atoms with Crippen molar-refractivity contribution in [2.75, 3.05) is 39.8 Å². The van der Waals surface area contributed by atoms with Crippen LogP contribution >= 0.6 is 0 Å². The Bertz CT molecular complexity index is 744. The van der Waals surface area contributed by atoms with Crippen molar-refractivity contribution >= 4 is 17.7 Å². The molecule has 2 saturated heterocycles. The van der Waals surface area contributed by atoms with Crippen LogP contribution < -0.4 is 4.74 Å². The molecule has 0 bridgehead atoms. The van der Waals surface area contributed by atoms with Gasteiger partial charge >= 0.3 is 0 Å². The number of nitrogens with zero attached hydrogens (tertiary/aromatic N) is 3. The number of carbonyl (C=O) groups is 3. The highest BCUT2D eigenvalue weighted by molar-refractivity contribution is 5.98. The van der Waals surface area contributed by atoms with Gasteiger partial charge in [0.25, 0.3) is 5.91 Å². The van der Waals surface area contributed by atoms with Crippen LogP contribution in [0.15, 0.2) is 36.4 Å². The molecule has 0 saturated carbocycles. The lowest BCUT2D eigenvalue weighted by atomic mass is 10.1. The lowest BCUT2D eigenvalue weighted by Crippen LogP contribution is -2.66. The van der Waals surface area contributed by atoms with E-state index >= 15 is 0 Å². The van der Waals surface area contributed by atoms with E-state index in [0.29, 0.717) is 31.0 Å². The average molecular weight is 357 g/mol. The zero-order chi connectivity index (χ0) is 18.8. The quantitative estimate of drug-likeness (QED) is 0.747. The molecule has 2 heterocycles. The van der Waals surface area contributed by atoms with E-state index in [4.69, 9.17) is 4.74 Å². The van der Waals surface area contributed by atoms with Gasteiger partial charge in [-0.15, -0.1) is 0 Å². The van der Waals surface area contributed by atoms with Gasteiger partial charge in [0, 0.05) is 25.7 Å². The highest BCUT2D eigenvalue weighted by Crippen LogP contribution is 2.20. The van der Waals surface area contributed by atoms with Gasteiger partial charge in [-0.3, -0.25) is 14.4 Å². The summed E-state index contributed by atoms with van der Waals surface area (Å²) in [6, 6.07) is 6.33. The van der Waals surface area contributed by atoms with Gasteiger partial charge in [-0.1, -0.05) is 6.58 Å².